The van der Waals surface area contributed by atoms with E-state index in [1.165, 1.54) is 4.90 Å². The van der Waals surface area contributed by atoms with E-state index >= 15 is 0 Å². The molecule has 0 aliphatic carbocycles. The molecule has 0 radical (unpaired) electrons. The predicted octanol–water partition coefficient (Wildman–Crippen LogP) is 0.692. The maximum Gasteiger partial charge on any atom is 0.323 e. The normalized spacial score (nSPS) is 11.3. The smallest absolute Gasteiger partial charge is 0.323 e. The van der Waals surface area contributed by atoms with Gasteiger partial charge in [0.25, 0.3) is 5.91 Å². The van der Waals surface area contributed by atoms with Crippen molar-refractivity contribution in [2.24, 2.45) is 0 Å². The minimum atomic E-state index is -1.07. The molecule has 100 valence electrons. The molecule has 7 heteroatoms. The van der Waals surface area contributed by atoms with Gasteiger partial charge in [0.2, 0.25) is 5.82 Å². The van der Waals surface area contributed by atoms with Gasteiger partial charge in [0.15, 0.2) is 0 Å². The molecule has 0 fully saturated rings. The zero-order valence-corrected chi connectivity index (χ0v) is 11.0. The number of H-pyrrole nitrogens is 1. The van der Waals surface area contributed by atoms with Crippen LogP contribution >= 0.6 is 0 Å². The Balaban J connectivity index is 2.98. The van der Waals surface area contributed by atoms with Crippen LogP contribution in [0, 0.1) is 0 Å². The minimum Gasteiger partial charge on any atom is -0.480 e. The highest BCUT2D eigenvalue weighted by molar-refractivity contribution is 5.93. The number of nitrogens with one attached hydrogen (secondary N) is 1. The second-order valence-electron chi connectivity index (χ2n) is 4.92. The lowest BCUT2D eigenvalue weighted by Gasteiger charge is -2.33. The van der Waals surface area contributed by atoms with Crippen molar-refractivity contribution in [3.63, 3.8) is 0 Å². The number of hydrogen-bond donors (Lipinski definition) is 2. The van der Waals surface area contributed by atoms with Crippen LogP contribution in [-0.4, -0.2) is 49.1 Å². The first-order valence-electron chi connectivity index (χ1n) is 5.70. The first-order chi connectivity index (χ1) is 8.25. The molecular weight excluding hydrogens is 236 g/mol. The lowest BCUT2D eigenvalue weighted by molar-refractivity contribution is -0.138. The molecule has 0 aromatic carbocycles. The summed E-state index contributed by atoms with van der Waals surface area (Å²) in [5, 5.41) is 15.3. The minimum absolute atomic E-state index is 0.00280. The van der Waals surface area contributed by atoms with Gasteiger partial charge in [0.1, 0.15) is 12.4 Å². The van der Waals surface area contributed by atoms with Crippen molar-refractivity contribution in [3.8, 4) is 0 Å². The third-order valence-electron chi connectivity index (χ3n) is 2.41. The summed E-state index contributed by atoms with van der Waals surface area (Å²) >= 11 is 0. The van der Waals surface area contributed by atoms with Crippen molar-refractivity contribution in [3.05, 3.63) is 11.6 Å². The van der Waals surface area contributed by atoms with Crippen LogP contribution in [0.15, 0.2) is 0 Å². The summed E-state index contributed by atoms with van der Waals surface area (Å²) in [6.07, 6.45) is 0.634. The molecule has 1 heterocycles. The van der Waals surface area contributed by atoms with Gasteiger partial charge in [-0.05, 0) is 20.8 Å². The topological polar surface area (TPSA) is 99.2 Å². The van der Waals surface area contributed by atoms with E-state index in [1.807, 2.05) is 6.92 Å². The number of aromatic nitrogens is 3. The molecule has 2 N–H and O–H groups in total. The van der Waals surface area contributed by atoms with E-state index in [1.54, 1.807) is 20.8 Å². The number of aromatic amines is 1. The monoisotopic (exact) mass is 254 g/mol. The molecule has 0 aliphatic heterocycles. The highest BCUT2D eigenvalue weighted by Crippen LogP contribution is 2.15. The van der Waals surface area contributed by atoms with Gasteiger partial charge in [-0.1, -0.05) is 6.92 Å². The molecule has 0 saturated heterocycles. The number of nitrogens with zero attached hydrogens (tertiary/aromatic N) is 3. The number of carbonyl (C=O) groups excluding carboxylic acids is 1. The van der Waals surface area contributed by atoms with Gasteiger partial charge in [0.05, 0.1) is 0 Å². The van der Waals surface area contributed by atoms with Crippen LogP contribution in [0.4, 0.5) is 0 Å². The fourth-order valence-electron chi connectivity index (χ4n) is 1.42. The average Bonchev–Trinajstić information content (AvgIpc) is 2.71. The Hall–Kier alpha value is -1.92. The fourth-order valence-corrected chi connectivity index (χ4v) is 1.42. The standard InChI is InChI=1S/C11H18N4O3/c1-5-7-12-9(14-13-7)10(18)15(6-8(16)17)11(2,3)4/h5-6H2,1-4H3,(H,16,17)(H,12,13,14). The molecule has 7 nitrogen and oxygen atoms in total. The van der Waals surface area contributed by atoms with Crippen molar-refractivity contribution in [1.82, 2.24) is 20.1 Å². The van der Waals surface area contributed by atoms with Gasteiger partial charge < -0.3 is 10.0 Å². The average molecular weight is 254 g/mol. The molecule has 18 heavy (non-hydrogen) atoms. The van der Waals surface area contributed by atoms with Gasteiger partial charge in [-0.3, -0.25) is 14.7 Å². The molecular formula is C11H18N4O3. The Bertz CT molecular complexity index is 447. The van der Waals surface area contributed by atoms with Crippen molar-refractivity contribution in [1.29, 1.82) is 0 Å². The Morgan fingerprint density at radius 2 is 2.00 bits per heavy atom. The number of carboxylic acids is 1. The molecule has 0 saturated carbocycles. The van der Waals surface area contributed by atoms with E-state index in [2.05, 4.69) is 15.2 Å². The molecule has 0 spiro atoms. The number of aliphatic carboxylic acids is 1. The van der Waals surface area contributed by atoms with Crippen LogP contribution in [0.2, 0.25) is 0 Å². The van der Waals surface area contributed by atoms with Gasteiger partial charge in [-0.25, -0.2) is 4.98 Å². The summed E-state index contributed by atoms with van der Waals surface area (Å²) in [5.41, 5.74) is -0.609. The molecule has 0 atom stereocenters. The Morgan fingerprint density at radius 3 is 2.39 bits per heavy atom. The molecule has 0 unspecified atom stereocenters. The first kappa shape index (κ1) is 14.1. The van der Waals surface area contributed by atoms with E-state index in [-0.39, 0.29) is 12.4 Å². The number of amides is 1. The number of hydrogen-bond acceptors (Lipinski definition) is 4. The lowest BCUT2D eigenvalue weighted by atomic mass is 10.1. The zero-order chi connectivity index (χ0) is 13.9. The molecule has 1 amide bonds. The Kier molecular flexibility index (Phi) is 4.05. The summed E-state index contributed by atoms with van der Waals surface area (Å²) < 4.78 is 0. The first-order valence-corrected chi connectivity index (χ1v) is 5.70. The van der Waals surface area contributed by atoms with Crippen molar-refractivity contribution in [2.75, 3.05) is 6.54 Å². The van der Waals surface area contributed by atoms with Crippen LogP contribution in [0.5, 0.6) is 0 Å². The number of aryl methyl sites for hydroxylation is 1. The molecule has 1 aromatic rings. The summed E-state index contributed by atoms with van der Waals surface area (Å²) in [6, 6.07) is 0. The quantitative estimate of drug-likeness (QED) is 0.823. The van der Waals surface area contributed by atoms with E-state index in [0.717, 1.165) is 0 Å². The summed E-state index contributed by atoms with van der Waals surface area (Å²) in [6.45, 7) is 6.80. The SMILES string of the molecule is CCc1nc(C(=O)N(CC(=O)O)C(C)(C)C)n[nH]1. The van der Waals surface area contributed by atoms with Gasteiger partial charge in [-0.2, -0.15) is 0 Å². The van der Waals surface area contributed by atoms with Gasteiger partial charge >= 0.3 is 5.97 Å². The van der Waals surface area contributed by atoms with Crippen molar-refractivity contribution >= 4 is 11.9 Å². The van der Waals surface area contributed by atoms with E-state index in [0.29, 0.717) is 12.2 Å². The largest absolute Gasteiger partial charge is 0.480 e. The van der Waals surface area contributed by atoms with Crippen LogP contribution < -0.4 is 0 Å². The zero-order valence-electron chi connectivity index (χ0n) is 11.0. The van der Waals surface area contributed by atoms with Crippen LogP contribution in [0.1, 0.15) is 44.1 Å². The van der Waals surface area contributed by atoms with Crippen LogP contribution in [0.25, 0.3) is 0 Å². The van der Waals surface area contributed by atoms with Crippen LogP contribution in [-0.2, 0) is 11.2 Å². The molecule has 0 aliphatic rings. The predicted molar refractivity (Wildman–Crippen MR) is 64.2 cm³/mol. The van der Waals surface area contributed by atoms with Gasteiger partial charge in [-0.15, -0.1) is 5.10 Å². The Labute approximate surface area is 105 Å². The maximum atomic E-state index is 12.2. The second-order valence-corrected chi connectivity index (χ2v) is 4.92. The van der Waals surface area contributed by atoms with Crippen molar-refractivity contribution < 1.29 is 14.7 Å². The third kappa shape index (κ3) is 3.28. The summed E-state index contributed by atoms with van der Waals surface area (Å²) in [4.78, 5) is 28.2. The van der Waals surface area contributed by atoms with Crippen molar-refractivity contribution in [2.45, 2.75) is 39.7 Å². The summed E-state index contributed by atoms with van der Waals surface area (Å²) in [7, 11) is 0. The summed E-state index contributed by atoms with van der Waals surface area (Å²) in [5.74, 6) is -0.948. The number of carboxylic acid groups (broad SMARTS) is 1. The third-order valence-corrected chi connectivity index (χ3v) is 2.41. The second kappa shape index (κ2) is 5.16. The van der Waals surface area contributed by atoms with E-state index in [4.69, 9.17) is 5.11 Å². The lowest BCUT2D eigenvalue weighted by Crippen LogP contribution is -2.48. The molecule has 0 bridgehead atoms. The highest BCUT2D eigenvalue weighted by Gasteiger charge is 2.31. The fraction of sp³-hybridized carbons (Fsp3) is 0.636. The maximum absolute atomic E-state index is 12.2. The van der Waals surface area contributed by atoms with Gasteiger partial charge in [0, 0.05) is 12.0 Å². The molecule has 1 rings (SSSR count). The number of rotatable bonds is 4. The van der Waals surface area contributed by atoms with Crippen LogP contribution in [0.3, 0.4) is 0 Å². The van der Waals surface area contributed by atoms with E-state index < -0.39 is 17.4 Å². The Morgan fingerprint density at radius 1 is 1.39 bits per heavy atom. The number of carbonyl (C=O) groups is 2. The highest BCUT2D eigenvalue weighted by atomic mass is 16.4. The van der Waals surface area contributed by atoms with E-state index in [9.17, 15) is 9.59 Å². The molecule has 1 aromatic heterocycles.